The minimum Gasteiger partial charge on any atom is -0.493 e. The molecule has 0 aliphatic carbocycles. The molecular weight excluding hydrogens is 284 g/mol. The van der Waals surface area contributed by atoms with Crippen molar-refractivity contribution >= 4 is 11.3 Å². The second-order valence-corrected chi connectivity index (χ2v) is 5.79. The Morgan fingerprint density at radius 1 is 1.29 bits per heavy atom. The van der Waals surface area contributed by atoms with Crippen LogP contribution in [0.1, 0.15) is 11.1 Å². The SMILES string of the molecule is c1cc(-c2nnn(CCc3ccc4c(c3)CCO4)n2)cs1. The number of rotatable bonds is 4. The van der Waals surface area contributed by atoms with E-state index in [0.29, 0.717) is 5.82 Å². The van der Waals surface area contributed by atoms with E-state index < -0.39 is 0 Å². The molecule has 3 heterocycles. The zero-order valence-electron chi connectivity index (χ0n) is 11.4. The first-order valence-electron chi connectivity index (χ1n) is 6.93. The average Bonchev–Trinajstić information content (AvgIpc) is 3.24. The molecule has 1 aliphatic rings. The standard InChI is InChI=1S/C15H14N4OS/c1-2-14-12(4-7-20-14)9-11(1)3-6-19-17-15(16-18-19)13-5-8-21-10-13/h1-2,5,8-10H,3-4,6-7H2. The van der Waals surface area contributed by atoms with Gasteiger partial charge in [0.05, 0.1) is 13.2 Å². The van der Waals surface area contributed by atoms with Crippen molar-refractivity contribution in [3.63, 3.8) is 0 Å². The normalized spacial score (nSPS) is 13.1. The van der Waals surface area contributed by atoms with Gasteiger partial charge in [0.1, 0.15) is 5.75 Å². The van der Waals surface area contributed by atoms with Gasteiger partial charge in [-0.2, -0.15) is 16.1 Å². The third kappa shape index (κ3) is 2.54. The lowest BCUT2D eigenvalue weighted by molar-refractivity contribution is 0.357. The predicted molar refractivity (Wildman–Crippen MR) is 80.5 cm³/mol. The van der Waals surface area contributed by atoms with Crippen LogP contribution in [0.5, 0.6) is 5.75 Å². The number of ether oxygens (including phenoxy) is 1. The summed E-state index contributed by atoms with van der Waals surface area (Å²) in [6.07, 6.45) is 1.90. The van der Waals surface area contributed by atoms with Gasteiger partial charge >= 0.3 is 0 Å². The quantitative estimate of drug-likeness (QED) is 0.743. The molecule has 2 aromatic heterocycles. The van der Waals surface area contributed by atoms with Crippen molar-refractivity contribution in [3.8, 4) is 17.1 Å². The molecule has 106 valence electrons. The second-order valence-electron chi connectivity index (χ2n) is 5.01. The van der Waals surface area contributed by atoms with E-state index in [4.69, 9.17) is 4.74 Å². The molecule has 0 fully saturated rings. The summed E-state index contributed by atoms with van der Waals surface area (Å²) in [5, 5.41) is 16.7. The lowest BCUT2D eigenvalue weighted by Crippen LogP contribution is -2.05. The molecule has 1 aliphatic heterocycles. The number of thiophene rings is 1. The van der Waals surface area contributed by atoms with Gasteiger partial charge in [-0.1, -0.05) is 12.1 Å². The molecule has 0 amide bonds. The van der Waals surface area contributed by atoms with Gasteiger partial charge in [0.15, 0.2) is 0 Å². The number of hydrogen-bond donors (Lipinski definition) is 0. The van der Waals surface area contributed by atoms with Crippen molar-refractivity contribution in [2.24, 2.45) is 0 Å². The number of fused-ring (bicyclic) bond motifs is 1. The van der Waals surface area contributed by atoms with Gasteiger partial charge in [0, 0.05) is 17.4 Å². The van der Waals surface area contributed by atoms with E-state index in [1.807, 2.05) is 16.8 Å². The zero-order valence-corrected chi connectivity index (χ0v) is 12.2. The van der Waals surface area contributed by atoms with Crippen LogP contribution >= 0.6 is 11.3 Å². The number of tetrazole rings is 1. The molecule has 0 spiro atoms. The highest BCUT2D eigenvalue weighted by Gasteiger charge is 2.12. The summed E-state index contributed by atoms with van der Waals surface area (Å²) in [5.74, 6) is 1.72. The molecule has 5 nitrogen and oxygen atoms in total. The average molecular weight is 298 g/mol. The highest BCUT2D eigenvalue weighted by molar-refractivity contribution is 7.08. The maximum Gasteiger partial charge on any atom is 0.205 e. The van der Waals surface area contributed by atoms with E-state index in [1.54, 1.807) is 16.1 Å². The van der Waals surface area contributed by atoms with Crippen LogP contribution in [0.4, 0.5) is 0 Å². The van der Waals surface area contributed by atoms with Crippen LogP contribution in [0, 0.1) is 0 Å². The number of aryl methyl sites for hydroxylation is 2. The fourth-order valence-corrected chi connectivity index (χ4v) is 3.10. The molecule has 1 aromatic carbocycles. The second kappa shape index (κ2) is 5.29. The van der Waals surface area contributed by atoms with Gasteiger partial charge in [-0.3, -0.25) is 0 Å². The minimum absolute atomic E-state index is 0.693. The molecule has 0 radical (unpaired) electrons. The van der Waals surface area contributed by atoms with Gasteiger partial charge in [0.2, 0.25) is 5.82 Å². The number of hydrogen-bond acceptors (Lipinski definition) is 5. The fourth-order valence-electron chi connectivity index (χ4n) is 2.47. The van der Waals surface area contributed by atoms with Crippen molar-refractivity contribution in [1.82, 2.24) is 20.2 Å². The van der Waals surface area contributed by atoms with E-state index in [-0.39, 0.29) is 0 Å². The largest absolute Gasteiger partial charge is 0.493 e. The molecule has 0 saturated heterocycles. The van der Waals surface area contributed by atoms with Gasteiger partial charge in [-0.15, -0.1) is 10.2 Å². The monoisotopic (exact) mass is 298 g/mol. The van der Waals surface area contributed by atoms with Crippen LogP contribution in [0.2, 0.25) is 0 Å². The highest BCUT2D eigenvalue weighted by Crippen LogP contribution is 2.26. The highest BCUT2D eigenvalue weighted by atomic mass is 32.1. The van der Waals surface area contributed by atoms with Crippen molar-refractivity contribution in [2.45, 2.75) is 19.4 Å². The first-order chi connectivity index (χ1) is 10.4. The van der Waals surface area contributed by atoms with E-state index in [0.717, 1.165) is 37.3 Å². The fraction of sp³-hybridized carbons (Fsp3) is 0.267. The molecule has 0 saturated carbocycles. The van der Waals surface area contributed by atoms with Gasteiger partial charge < -0.3 is 4.74 Å². The zero-order chi connectivity index (χ0) is 14.1. The molecule has 0 atom stereocenters. The Morgan fingerprint density at radius 3 is 3.19 bits per heavy atom. The molecular formula is C15H14N4OS. The van der Waals surface area contributed by atoms with Gasteiger partial charge in [-0.05, 0) is 40.3 Å². The number of aromatic nitrogens is 4. The topological polar surface area (TPSA) is 52.8 Å². The van der Waals surface area contributed by atoms with Crippen LogP contribution in [0.3, 0.4) is 0 Å². The molecule has 21 heavy (non-hydrogen) atoms. The number of benzene rings is 1. The maximum absolute atomic E-state index is 5.52. The van der Waals surface area contributed by atoms with E-state index in [2.05, 4.69) is 33.6 Å². The van der Waals surface area contributed by atoms with E-state index in [9.17, 15) is 0 Å². The summed E-state index contributed by atoms with van der Waals surface area (Å²) in [6, 6.07) is 8.40. The van der Waals surface area contributed by atoms with Crippen LogP contribution in [0.15, 0.2) is 35.0 Å². The predicted octanol–water partition coefficient (Wildman–Crippen LogP) is 2.58. The number of nitrogens with zero attached hydrogens (tertiary/aromatic N) is 4. The molecule has 4 rings (SSSR count). The Labute approximate surface area is 126 Å². The van der Waals surface area contributed by atoms with Crippen molar-refractivity contribution in [3.05, 3.63) is 46.2 Å². The lowest BCUT2D eigenvalue weighted by Gasteiger charge is -2.03. The van der Waals surface area contributed by atoms with Crippen LogP contribution < -0.4 is 4.74 Å². The summed E-state index contributed by atoms with van der Waals surface area (Å²) in [4.78, 5) is 1.66. The summed E-state index contributed by atoms with van der Waals surface area (Å²) in [5.41, 5.74) is 3.62. The Kier molecular flexibility index (Phi) is 3.16. The Hall–Kier alpha value is -2.21. The summed E-state index contributed by atoms with van der Waals surface area (Å²) in [6.45, 7) is 1.53. The van der Waals surface area contributed by atoms with Gasteiger partial charge in [0.25, 0.3) is 0 Å². The van der Waals surface area contributed by atoms with Crippen LogP contribution in [-0.4, -0.2) is 26.8 Å². The van der Waals surface area contributed by atoms with Crippen molar-refractivity contribution in [1.29, 1.82) is 0 Å². The van der Waals surface area contributed by atoms with Crippen LogP contribution in [-0.2, 0) is 19.4 Å². The van der Waals surface area contributed by atoms with Gasteiger partial charge in [-0.25, -0.2) is 0 Å². The molecule has 6 heteroatoms. The molecule has 0 unspecified atom stereocenters. The summed E-state index contributed by atoms with van der Waals surface area (Å²) in [7, 11) is 0. The maximum atomic E-state index is 5.52. The smallest absolute Gasteiger partial charge is 0.205 e. The van der Waals surface area contributed by atoms with Crippen molar-refractivity contribution in [2.75, 3.05) is 6.61 Å². The van der Waals surface area contributed by atoms with Crippen molar-refractivity contribution < 1.29 is 4.74 Å². The first kappa shape index (κ1) is 12.5. The Bertz CT molecular complexity index is 751. The molecule has 0 bridgehead atoms. The lowest BCUT2D eigenvalue weighted by atomic mass is 10.1. The summed E-state index contributed by atoms with van der Waals surface area (Å²) >= 11 is 1.64. The molecule has 3 aromatic rings. The first-order valence-corrected chi connectivity index (χ1v) is 7.88. The van der Waals surface area contributed by atoms with E-state index >= 15 is 0 Å². The van der Waals surface area contributed by atoms with E-state index in [1.165, 1.54) is 11.1 Å². The Morgan fingerprint density at radius 2 is 2.29 bits per heavy atom. The molecule has 0 N–H and O–H groups in total. The third-order valence-electron chi connectivity index (χ3n) is 3.59. The van der Waals surface area contributed by atoms with Crippen LogP contribution in [0.25, 0.3) is 11.4 Å². The third-order valence-corrected chi connectivity index (χ3v) is 4.27. The summed E-state index contributed by atoms with van der Waals surface area (Å²) < 4.78 is 5.52. The minimum atomic E-state index is 0.693. The Balaban J connectivity index is 1.45.